The summed E-state index contributed by atoms with van der Waals surface area (Å²) in [5.41, 5.74) is 2.29. The molecule has 0 aliphatic rings. The van der Waals surface area contributed by atoms with Gasteiger partial charge in [-0.3, -0.25) is 13.9 Å². The number of hydrogen-bond acceptors (Lipinski definition) is 4. The van der Waals surface area contributed by atoms with Crippen molar-refractivity contribution in [3.8, 4) is 0 Å². The minimum Gasteiger partial charge on any atom is -0.352 e. The average molecular weight is 639 g/mol. The lowest BCUT2D eigenvalue weighted by molar-refractivity contribution is -0.140. The molecule has 0 aliphatic heterocycles. The van der Waals surface area contributed by atoms with Gasteiger partial charge >= 0.3 is 0 Å². The van der Waals surface area contributed by atoms with Gasteiger partial charge in [-0.05, 0) is 81.6 Å². The summed E-state index contributed by atoms with van der Waals surface area (Å²) in [6.07, 6.45) is 0.298. The number of sulfonamides is 1. The summed E-state index contributed by atoms with van der Waals surface area (Å²) in [6, 6.07) is 15.2. The second kappa shape index (κ2) is 13.9. The van der Waals surface area contributed by atoms with Gasteiger partial charge in [-0.2, -0.15) is 0 Å². The van der Waals surface area contributed by atoms with Crippen LogP contribution < -0.4 is 9.62 Å². The Bertz CT molecular complexity index is 1510. The smallest absolute Gasteiger partial charge is 0.264 e. The third-order valence-corrected chi connectivity index (χ3v) is 9.47. The van der Waals surface area contributed by atoms with Gasteiger partial charge in [0.2, 0.25) is 11.8 Å². The lowest BCUT2D eigenvalue weighted by Gasteiger charge is -2.34. The predicted molar refractivity (Wildman–Crippen MR) is 166 cm³/mol. The molecule has 3 aromatic carbocycles. The van der Waals surface area contributed by atoms with Crippen LogP contribution >= 0.6 is 34.8 Å². The van der Waals surface area contributed by atoms with Crippen LogP contribution in [0.2, 0.25) is 15.1 Å². The van der Waals surface area contributed by atoms with Crippen molar-refractivity contribution < 1.29 is 18.0 Å². The molecule has 0 radical (unpaired) electrons. The van der Waals surface area contributed by atoms with Crippen LogP contribution in [-0.2, 0) is 26.2 Å². The zero-order valence-corrected chi connectivity index (χ0v) is 26.7. The first-order valence-electron chi connectivity index (χ1n) is 13.1. The number of nitrogens with one attached hydrogen (secondary N) is 1. The second-order valence-electron chi connectivity index (χ2n) is 10.1. The molecule has 3 aromatic rings. The molecule has 7 nitrogen and oxygen atoms in total. The van der Waals surface area contributed by atoms with Gasteiger partial charge in [-0.25, -0.2) is 8.42 Å². The van der Waals surface area contributed by atoms with Gasteiger partial charge in [0.15, 0.2) is 0 Å². The predicted octanol–water partition coefficient (Wildman–Crippen LogP) is 6.79. The molecule has 3 rings (SSSR count). The van der Waals surface area contributed by atoms with Crippen molar-refractivity contribution in [1.82, 2.24) is 10.2 Å². The largest absolute Gasteiger partial charge is 0.352 e. The first-order valence-corrected chi connectivity index (χ1v) is 15.7. The number of carbonyl (C=O) groups is 2. The second-order valence-corrected chi connectivity index (χ2v) is 13.2. The Balaban J connectivity index is 2.12. The van der Waals surface area contributed by atoms with E-state index >= 15 is 0 Å². The number of rotatable bonds is 11. The molecule has 0 unspecified atom stereocenters. The topological polar surface area (TPSA) is 86.8 Å². The maximum atomic E-state index is 14.1. The molecule has 0 aromatic heterocycles. The van der Waals surface area contributed by atoms with Crippen molar-refractivity contribution in [3.05, 3.63) is 92.4 Å². The van der Waals surface area contributed by atoms with Crippen LogP contribution in [-0.4, -0.2) is 43.8 Å². The van der Waals surface area contributed by atoms with E-state index in [2.05, 4.69) is 5.32 Å². The molecule has 0 fully saturated rings. The molecule has 11 heteroatoms. The van der Waals surface area contributed by atoms with Gasteiger partial charge in [0.05, 0.1) is 20.6 Å². The van der Waals surface area contributed by atoms with Crippen LogP contribution in [0.5, 0.6) is 0 Å². The maximum absolute atomic E-state index is 14.1. The van der Waals surface area contributed by atoms with E-state index in [4.69, 9.17) is 34.8 Å². The van der Waals surface area contributed by atoms with Crippen LogP contribution in [0.3, 0.4) is 0 Å². The Hall–Kier alpha value is -2.78. The summed E-state index contributed by atoms with van der Waals surface area (Å²) in [5.74, 6) is -0.917. The van der Waals surface area contributed by atoms with E-state index in [1.807, 2.05) is 20.8 Å². The minimum absolute atomic E-state index is 0.00664. The van der Waals surface area contributed by atoms with Crippen molar-refractivity contribution in [3.63, 3.8) is 0 Å². The number of carbonyl (C=O) groups excluding carboxylic acids is 2. The Morgan fingerprint density at radius 1 is 0.902 bits per heavy atom. The molecule has 0 aliphatic carbocycles. The van der Waals surface area contributed by atoms with Crippen LogP contribution in [0.15, 0.2) is 65.6 Å². The van der Waals surface area contributed by atoms with Gasteiger partial charge in [0.1, 0.15) is 12.6 Å². The normalized spacial score (nSPS) is 12.2. The van der Waals surface area contributed by atoms with Gasteiger partial charge in [-0.15, -0.1) is 0 Å². The van der Waals surface area contributed by atoms with Gasteiger partial charge < -0.3 is 10.2 Å². The van der Waals surface area contributed by atoms with Crippen LogP contribution in [0.25, 0.3) is 0 Å². The molecular formula is C30H34Cl3N3O4S. The highest BCUT2D eigenvalue weighted by atomic mass is 35.5. The number of halogens is 3. The molecule has 41 heavy (non-hydrogen) atoms. The van der Waals surface area contributed by atoms with Crippen molar-refractivity contribution in [2.24, 2.45) is 0 Å². The zero-order valence-electron chi connectivity index (χ0n) is 23.6. The lowest BCUT2D eigenvalue weighted by Crippen LogP contribution is -2.53. The van der Waals surface area contributed by atoms with Crippen LogP contribution in [0, 0.1) is 13.8 Å². The van der Waals surface area contributed by atoms with Gasteiger partial charge in [-0.1, -0.05) is 71.6 Å². The fourth-order valence-electron chi connectivity index (χ4n) is 4.35. The Kier molecular flexibility index (Phi) is 11.1. The highest BCUT2D eigenvalue weighted by Crippen LogP contribution is 2.32. The van der Waals surface area contributed by atoms with Crippen molar-refractivity contribution in [1.29, 1.82) is 0 Å². The van der Waals surface area contributed by atoms with Crippen LogP contribution in [0.1, 0.15) is 43.9 Å². The molecule has 2 amide bonds. The monoisotopic (exact) mass is 637 g/mol. The number of aryl methyl sites for hydroxylation is 1. The lowest BCUT2D eigenvalue weighted by atomic mass is 10.1. The van der Waals surface area contributed by atoms with E-state index in [0.29, 0.717) is 32.6 Å². The number of hydrogen-bond donors (Lipinski definition) is 1. The van der Waals surface area contributed by atoms with E-state index in [9.17, 15) is 18.0 Å². The Labute approximate surface area is 257 Å². The number of anilines is 1. The molecule has 0 spiro atoms. The van der Waals surface area contributed by atoms with Crippen molar-refractivity contribution in [2.75, 3.05) is 10.8 Å². The summed E-state index contributed by atoms with van der Waals surface area (Å²) in [5, 5.41) is 3.88. The van der Waals surface area contributed by atoms with Gasteiger partial charge in [0, 0.05) is 17.6 Å². The molecular weight excluding hydrogens is 605 g/mol. The number of amides is 2. The number of nitrogens with zero attached hydrogens (tertiary/aromatic N) is 2. The first-order chi connectivity index (χ1) is 19.3. The molecule has 0 saturated heterocycles. The van der Waals surface area contributed by atoms with E-state index in [0.717, 1.165) is 9.87 Å². The Morgan fingerprint density at radius 3 is 2.15 bits per heavy atom. The first kappa shape index (κ1) is 32.7. The Morgan fingerprint density at radius 2 is 1.56 bits per heavy atom. The zero-order chi connectivity index (χ0) is 30.5. The number of benzene rings is 3. The summed E-state index contributed by atoms with van der Waals surface area (Å²) < 4.78 is 29.1. The third kappa shape index (κ3) is 7.95. The standard InChI is InChI=1S/C30H34Cl3N3O4S/c1-6-27(30(38)34-19(2)3)35(17-22-12-15-25(32)26(33)16-22)29(37)18-36(28-9-7-8-24(31)21(28)5)41(39,40)23-13-10-20(4)11-14-23/h7-16,19,27H,6,17-18H2,1-5H3,(H,34,38)/t27-/m1/s1. The third-order valence-electron chi connectivity index (χ3n) is 6.55. The van der Waals surface area contributed by atoms with E-state index in [1.54, 1.807) is 62.4 Å². The van der Waals surface area contributed by atoms with Gasteiger partial charge in [0.25, 0.3) is 10.0 Å². The summed E-state index contributed by atoms with van der Waals surface area (Å²) >= 11 is 18.7. The van der Waals surface area contributed by atoms with E-state index in [-0.39, 0.29) is 29.1 Å². The summed E-state index contributed by atoms with van der Waals surface area (Å²) in [7, 11) is -4.21. The van der Waals surface area contributed by atoms with Crippen molar-refractivity contribution >= 4 is 62.3 Å². The quantitative estimate of drug-likeness (QED) is 0.251. The fraction of sp³-hybridized carbons (Fsp3) is 0.333. The molecule has 1 N–H and O–H groups in total. The van der Waals surface area contributed by atoms with Crippen molar-refractivity contribution in [2.45, 2.75) is 64.6 Å². The summed E-state index contributed by atoms with van der Waals surface area (Å²) in [6.45, 7) is 8.44. The summed E-state index contributed by atoms with van der Waals surface area (Å²) in [4.78, 5) is 28.8. The average Bonchev–Trinajstić information content (AvgIpc) is 2.90. The molecule has 0 saturated carbocycles. The molecule has 220 valence electrons. The maximum Gasteiger partial charge on any atom is 0.264 e. The highest BCUT2D eigenvalue weighted by Gasteiger charge is 2.34. The SMILES string of the molecule is CC[C@H](C(=O)NC(C)C)N(Cc1ccc(Cl)c(Cl)c1)C(=O)CN(c1cccc(Cl)c1C)S(=O)(=O)c1ccc(C)cc1. The fourth-order valence-corrected chi connectivity index (χ4v) is 6.31. The minimum atomic E-state index is -4.21. The highest BCUT2D eigenvalue weighted by molar-refractivity contribution is 7.92. The molecule has 0 bridgehead atoms. The van der Waals surface area contributed by atoms with E-state index in [1.165, 1.54) is 17.0 Å². The van der Waals surface area contributed by atoms with E-state index < -0.39 is 28.5 Å². The molecule has 1 atom stereocenters. The van der Waals surface area contributed by atoms with Crippen LogP contribution in [0.4, 0.5) is 5.69 Å². The molecule has 0 heterocycles.